The van der Waals surface area contributed by atoms with E-state index in [0.717, 1.165) is 4.47 Å². The first-order chi connectivity index (χ1) is 10.5. The number of pyridine rings is 1. The van der Waals surface area contributed by atoms with Crippen LogP contribution in [0.3, 0.4) is 0 Å². The molecule has 3 heterocycles. The van der Waals surface area contributed by atoms with Gasteiger partial charge in [-0.05, 0) is 40.9 Å². The van der Waals surface area contributed by atoms with Gasteiger partial charge in [-0.25, -0.2) is 4.79 Å². The van der Waals surface area contributed by atoms with Crippen LogP contribution in [-0.4, -0.2) is 49.7 Å². The molecule has 1 aliphatic rings. The molecule has 1 saturated heterocycles. The van der Waals surface area contributed by atoms with Crippen LogP contribution < -0.4 is 5.32 Å². The minimum Gasteiger partial charge on any atom is -0.481 e. The lowest BCUT2D eigenvalue weighted by Crippen LogP contribution is -2.42. The molecule has 0 aromatic carbocycles. The number of halogens is 1. The second kappa shape index (κ2) is 5.91. The largest absolute Gasteiger partial charge is 0.481 e. The molecule has 1 fully saturated rings. The summed E-state index contributed by atoms with van der Waals surface area (Å²) in [5.74, 6) is -0.830. The number of carbonyl (C=O) groups excluding carboxylic acids is 1. The number of hydrogen-bond acceptors (Lipinski definition) is 4. The van der Waals surface area contributed by atoms with Crippen LogP contribution in [0, 0.1) is 5.92 Å². The van der Waals surface area contributed by atoms with Gasteiger partial charge in [0.05, 0.1) is 5.92 Å². The van der Waals surface area contributed by atoms with Gasteiger partial charge >= 0.3 is 12.0 Å². The molecule has 9 heteroatoms. The van der Waals surface area contributed by atoms with E-state index in [-0.39, 0.29) is 11.9 Å². The molecule has 8 nitrogen and oxygen atoms in total. The van der Waals surface area contributed by atoms with Crippen LogP contribution in [0.1, 0.15) is 12.8 Å². The zero-order valence-corrected chi connectivity index (χ0v) is 13.2. The highest BCUT2D eigenvalue weighted by Gasteiger charge is 2.27. The molecule has 0 atom stereocenters. The normalized spacial score (nSPS) is 16.0. The van der Waals surface area contributed by atoms with E-state index in [1.807, 2.05) is 6.07 Å². The van der Waals surface area contributed by atoms with Gasteiger partial charge in [0.2, 0.25) is 5.95 Å². The average Bonchev–Trinajstić information content (AvgIpc) is 2.89. The van der Waals surface area contributed by atoms with Crippen LogP contribution in [0.2, 0.25) is 0 Å². The predicted octanol–water partition coefficient (Wildman–Crippen LogP) is 1.82. The first-order valence-electron chi connectivity index (χ1n) is 6.83. The molecule has 2 aromatic rings. The summed E-state index contributed by atoms with van der Waals surface area (Å²) in [6.45, 7) is 0.840. The molecule has 0 saturated carbocycles. The van der Waals surface area contributed by atoms with E-state index in [1.54, 1.807) is 21.6 Å². The number of likely N-dealkylation sites (tertiary alicyclic amines) is 1. The molecule has 0 bridgehead atoms. The number of aliphatic carboxylic acids is 1. The minimum absolute atomic E-state index is 0.293. The topological polar surface area (TPSA) is 99.8 Å². The summed E-state index contributed by atoms with van der Waals surface area (Å²) in [4.78, 5) is 24.8. The second-order valence-electron chi connectivity index (χ2n) is 5.13. The highest BCUT2D eigenvalue weighted by molar-refractivity contribution is 9.10. The first-order valence-corrected chi connectivity index (χ1v) is 7.63. The van der Waals surface area contributed by atoms with Gasteiger partial charge in [0.1, 0.15) is 0 Å². The van der Waals surface area contributed by atoms with E-state index in [0.29, 0.717) is 37.5 Å². The molecule has 22 heavy (non-hydrogen) atoms. The lowest BCUT2D eigenvalue weighted by molar-refractivity contribution is -0.143. The fourth-order valence-electron chi connectivity index (χ4n) is 2.45. The fourth-order valence-corrected chi connectivity index (χ4v) is 2.79. The van der Waals surface area contributed by atoms with Crippen LogP contribution >= 0.6 is 15.9 Å². The minimum atomic E-state index is -0.798. The Bertz CT molecular complexity index is 724. The van der Waals surface area contributed by atoms with Gasteiger partial charge in [-0.3, -0.25) is 14.5 Å². The van der Waals surface area contributed by atoms with Crippen molar-refractivity contribution < 1.29 is 14.7 Å². The van der Waals surface area contributed by atoms with Gasteiger partial charge in [0.15, 0.2) is 5.65 Å². The van der Waals surface area contributed by atoms with Crippen LogP contribution in [0.5, 0.6) is 0 Å². The standard InChI is InChI=1S/C13H14BrN5O3/c14-9-1-2-10-16-17-12(19(10)7-9)15-13(22)18-5-3-8(4-6-18)11(20)21/h1-2,7-8H,3-6H2,(H,20,21)(H,15,17,22). The lowest BCUT2D eigenvalue weighted by Gasteiger charge is -2.29. The molecular formula is C13H14BrN5O3. The van der Waals surface area contributed by atoms with E-state index >= 15 is 0 Å². The smallest absolute Gasteiger partial charge is 0.324 e. The summed E-state index contributed by atoms with van der Waals surface area (Å²) in [7, 11) is 0. The number of piperidine rings is 1. The lowest BCUT2D eigenvalue weighted by atomic mass is 9.97. The maximum atomic E-state index is 12.2. The Morgan fingerprint density at radius 3 is 2.68 bits per heavy atom. The van der Waals surface area contributed by atoms with Crippen LogP contribution in [0.15, 0.2) is 22.8 Å². The monoisotopic (exact) mass is 367 g/mol. The maximum absolute atomic E-state index is 12.2. The third-order valence-corrected chi connectivity index (χ3v) is 4.19. The molecule has 0 unspecified atom stereocenters. The van der Waals surface area contributed by atoms with Crippen molar-refractivity contribution in [3.63, 3.8) is 0 Å². The third kappa shape index (κ3) is 2.89. The number of anilines is 1. The summed E-state index contributed by atoms with van der Waals surface area (Å²) in [5, 5.41) is 19.6. The van der Waals surface area contributed by atoms with Crippen LogP contribution in [-0.2, 0) is 4.79 Å². The number of carboxylic acids is 1. The van der Waals surface area contributed by atoms with Crippen molar-refractivity contribution >= 4 is 39.5 Å². The van der Waals surface area contributed by atoms with Gasteiger partial charge < -0.3 is 10.0 Å². The van der Waals surface area contributed by atoms with Crippen LogP contribution in [0.25, 0.3) is 5.65 Å². The zero-order valence-electron chi connectivity index (χ0n) is 11.6. The third-order valence-electron chi connectivity index (χ3n) is 3.72. The quantitative estimate of drug-likeness (QED) is 0.842. The Hall–Kier alpha value is -2.16. The van der Waals surface area contributed by atoms with Gasteiger partial charge in [0, 0.05) is 23.8 Å². The molecule has 0 radical (unpaired) electrons. The van der Waals surface area contributed by atoms with E-state index < -0.39 is 5.97 Å². The maximum Gasteiger partial charge on any atom is 0.324 e. The number of nitrogens with zero attached hydrogens (tertiary/aromatic N) is 4. The summed E-state index contributed by atoms with van der Waals surface area (Å²) in [6.07, 6.45) is 2.70. The zero-order chi connectivity index (χ0) is 15.7. The molecule has 1 aliphatic heterocycles. The summed E-state index contributed by atoms with van der Waals surface area (Å²) < 4.78 is 2.52. The predicted molar refractivity (Wildman–Crippen MR) is 81.6 cm³/mol. The number of carboxylic acid groups (broad SMARTS) is 1. The highest BCUT2D eigenvalue weighted by Crippen LogP contribution is 2.19. The van der Waals surface area contributed by atoms with E-state index in [1.165, 1.54) is 0 Å². The van der Waals surface area contributed by atoms with Crippen molar-refractivity contribution in [3.05, 3.63) is 22.8 Å². The average molecular weight is 368 g/mol. The summed E-state index contributed by atoms with van der Waals surface area (Å²) >= 11 is 3.36. The Balaban J connectivity index is 1.69. The molecule has 0 spiro atoms. The molecule has 116 valence electrons. The number of hydrogen-bond donors (Lipinski definition) is 2. The Morgan fingerprint density at radius 1 is 1.27 bits per heavy atom. The first kappa shape index (κ1) is 14.8. The number of carbonyl (C=O) groups is 2. The Morgan fingerprint density at radius 2 is 2.00 bits per heavy atom. The second-order valence-corrected chi connectivity index (χ2v) is 6.04. The number of aromatic nitrogens is 3. The van der Waals surface area contributed by atoms with Crippen molar-refractivity contribution in [3.8, 4) is 0 Å². The Kier molecular flexibility index (Phi) is 3.97. The fraction of sp³-hybridized carbons (Fsp3) is 0.385. The molecule has 0 aliphatic carbocycles. The Labute approximate surface area is 134 Å². The molecular weight excluding hydrogens is 354 g/mol. The van der Waals surface area contributed by atoms with Gasteiger partial charge in [-0.1, -0.05) is 0 Å². The van der Waals surface area contributed by atoms with Crippen molar-refractivity contribution in [2.75, 3.05) is 18.4 Å². The molecule has 2 aromatic heterocycles. The van der Waals surface area contributed by atoms with Crippen molar-refractivity contribution in [2.24, 2.45) is 5.92 Å². The number of rotatable bonds is 2. The van der Waals surface area contributed by atoms with Crippen LogP contribution in [0.4, 0.5) is 10.7 Å². The van der Waals surface area contributed by atoms with E-state index in [4.69, 9.17) is 5.11 Å². The van der Waals surface area contributed by atoms with Gasteiger partial charge in [-0.15, -0.1) is 10.2 Å². The van der Waals surface area contributed by atoms with E-state index in [2.05, 4.69) is 31.4 Å². The molecule has 2 N–H and O–H groups in total. The number of amides is 2. The highest BCUT2D eigenvalue weighted by atomic mass is 79.9. The number of urea groups is 1. The molecule has 3 rings (SSSR count). The number of fused-ring (bicyclic) bond motifs is 1. The van der Waals surface area contributed by atoms with Crippen molar-refractivity contribution in [2.45, 2.75) is 12.8 Å². The number of nitrogens with one attached hydrogen (secondary N) is 1. The van der Waals surface area contributed by atoms with Crippen molar-refractivity contribution in [1.29, 1.82) is 0 Å². The van der Waals surface area contributed by atoms with Gasteiger partial charge in [0.25, 0.3) is 0 Å². The van der Waals surface area contributed by atoms with Crippen molar-refractivity contribution in [1.82, 2.24) is 19.5 Å². The summed E-state index contributed by atoms with van der Waals surface area (Å²) in [5.41, 5.74) is 0.628. The molecule has 2 amide bonds. The SMILES string of the molecule is O=C(O)C1CCN(C(=O)Nc2nnc3ccc(Br)cn23)CC1. The van der Waals surface area contributed by atoms with Gasteiger partial charge in [-0.2, -0.15) is 0 Å². The summed E-state index contributed by atoms with van der Waals surface area (Å²) in [6, 6.07) is 3.33. The van der Waals surface area contributed by atoms with E-state index in [9.17, 15) is 9.59 Å².